The molecule has 0 nitrogen and oxygen atoms in total. The highest BCUT2D eigenvalue weighted by Crippen LogP contribution is 2.16. The van der Waals surface area contributed by atoms with Crippen LogP contribution in [-0.4, -0.2) is 0 Å². The van der Waals surface area contributed by atoms with Gasteiger partial charge in [-0.1, -0.05) is 12.1 Å². The van der Waals surface area contributed by atoms with Gasteiger partial charge < -0.3 is 0 Å². The second-order valence-electron chi connectivity index (χ2n) is 2.06. The summed E-state index contributed by atoms with van der Waals surface area (Å²) in [6.07, 6.45) is -2.43. The lowest BCUT2D eigenvalue weighted by atomic mass is 10.2. The number of alkyl halides is 2. The van der Waals surface area contributed by atoms with Crippen LogP contribution in [0.3, 0.4) is 0 Å². The first kappa shape index (κ1) is 7.01. The second kappa shape index (κ2) is 2.66. The van der Waals surface area contributed by atoms with Crippen LogP contribution in [0.15, 0.2) is 12.1 Å². The fourth-order valence-corrected chi connectivity index (χ4v) is 0.674. The molecule has 1 rings (SSSR count). The van der Waals surface area contributed by atoms with E-state index in [2.05, 4.69) is 12.1 Å². The average Bonchev–Trinajstić information content (AvgIpc) is 1.88. The van der Waals surface area contributed by atoms with Crippen molar-refractivity contribution in [1.29, 1.82) is 0 Å². The molecule has 0 aliphatic heterocycles. The van der Waals surface area contributed by atoms with Crippen molar-refractivity contribution < 1.29 is 8.78 Å². The predicted octanol–water partition coefficient (Wildman–Crippen LogP) is 2.53. The zero-order valence-corrected chi connectivity index (χ0v) is 5.49. The van der Waals surface area contributed by atoms with Crippen LogP contribution in [-0.2, 0) is 0 Å². The van der Waals surface area contributed by atoms with Gasteiger partial charge in [0.05, 0.1) is 5.56 Å². The molecule has 1 aromatic carbocycles. The molecular formula is C8H6F2. The lowest BCUT2D eigenvalue weighted by molar-refractivity contribution is 0.151. The first-order valence-corrected chi connectivity index (χ1v) is 2.88. The smallest absolute Gasteiger partial charge is 0.204 e. The van der Waals surface area contributed by atoms with Gasteiger partial charge in [0.15, 0.2) is 0 Å². The van der Waals surface area contributed by atoms with Gasteiger partial charge in [-0.2, -0.15) is 0 Å². The molecular weight excluding hydrogens is 134 g/mol. The molecule has 2 heteroatoms. The largest absolute Gasteiger partial charge is 0.271 e. The quantitative estimate of drug-likeness (QED) is 0.562. The lowest BCUT2D eigenvalue weighted by Gasteiger charge is -1.93. The number of aryl methyl sites for hydroxylation is 1. The minimum atomic E-state index is -2.43. The van der Waals surface area contributed by atoms with Gasteiger partial charge in [0, 0.05) is 0 Å². The van der Waals surface area contributed by atoms with Gasteiger partial charge in [-0.25, -0.2) is 8.78 Å². The van der Waals surface area contributed by atoms with Gasteiger partial charge in [0.1, 0.15) is 0 Å². The van der Waals surface area contributed by atoms with E-state index in [9.17, 15) is 8.78 Å². The number of hydrogen-bond acceptors (Lipinski definition) is 0. The molecule has 52 valence electrons. The normalized spacial score (nSPS) is 9.60. The molecule has 0 aliphatic carbocycles. The van der Waals surface area contributed by atoms with E-state index in [0.29, 0.717) is 0 Å². The maximum Gasteiger partial charge on any atom is 0.271 e. The van der Waals surface area contributed by atoms with Crippen LogP contribution in [0.5, 0.6) is 0 Å². The molecule has 1 aromatic rings. The Balaban J connectivity index is 2.96. The lowest BCUT2D eigenvalue weighted by Crippen LogP contribution is -1.81. The van der Waals surface area contributed by atoms with Crippen molar-refractivity contribution in [3.8, 4) is 0 Å². The van der Waals surface area contributed by atoms with Crippen molar-refractivity contribution in [1.82, 2.24) is 0 Å². The minimum absolute atomic E-state index is 0.0833. The molecule has 0 fully saturated rings. The molecule has 0 aliphatic rings. The SMILES string of the molecule is Cc1cc#cc(C(F)F)c1. The van der Waals surface area contributed by atoms with E-state index in [1.165, 1.54) is 6.07 Å². The maximum atomic E-state index is 11.9. The Morgan fingerprint density at radius 1 is 1.50 bits per heavy atom. The molecule has 0 aromatic heterocycles. The second-order valence-corrected chi connectivity index (χ2v) is 2.06. The third-order valence-electron chi connectivity index (χ3n) is 1.13. The summed E-state index contributed by atoms with van der Waals surface area (Å²) in [7, 11) is 0. The van der Waals surface area contributed by atoms with E-state index in [1.807, 2.05) is 0 Å². The average molecular weight is 140 g/mol. The molecule has 10 heavy (non-hydrogen) atoms. The van der Waals surface area contributed by atoms with Gasteiger partial charge in [-0.15, -0.1) is 0 Å². The third-order valence-corrected chi connectivity index (χ3v) is 1.13. The van der Waals surface area contributed by atoms with Crippen LogP contribution in [0.1, 0.15) is 17.6 Å². The summed E-state index contributed by atoms with van der Waals surface area (Å²) >= 11 is 0. The summed E-state index contributed by atoms with van der Waals surface area (Å²) in [4.78, 5) is 0. The molecule has 0 spiro atoms. The van der Waals surface area contributed by atoms with E-state index in [4.69, 9.17) is 0 Å². The molecule has 0 saturated carbocycles. The minimum Gasteiger partial charge on any atom is -0.204 e. The Bertz CT molecular complexity index is 218. The highest BCUT2D eigenvalue weighted by Gasteiger charge is 2.04. The first-order chi connectivity index (χ1) is 4.70. The zero-order chi connectivity index (χ0) is 7.56. The fourth-order valence-electron chi connectivity index (χ4n) is 0.674. The molecule has 0 N–H and O–H groups in total. The van der Waals surface area contributed by atoms with Gasteiger partial charge in [0.25, 0.3) is 6.43 Å². The van der Waals surface area contributed by atoms with E-state index in [1.54, 1.807) is 13.0 Å². The van der Waals surface area contributed by atoms with Crippen LogP contribution >= 0.6 is 0 Å². The Kier molecular flexibility index (Phi) is 1.86. The molecule has 0 amide bonds. The van der Waals surface area contributed by atoms with Gasteiger partial charge in [0.2, 0.25) is 0 Å². The summed E-state index contributed by atoms with van der Waals surface area (Å²) in [5.74, 6) is 0. The Hall–Kier alpha value is -1.10. The monoisotopic (exact) mass is 140 g/mol. The summed E-state index contributed by atoms with van der Waals surface area (Å²) in [6.45, 7) is 1.75. The summed E-state index contributed by atoms with van der Waals surface area (Å²) in [5, 5.41) is 0. The van der Waals surface area contributed by atoms with Crippen LogP contribution in [0.25, 0.3) is 0 Å². The molecule has 0 heterocycles. The summed E-state index contributed by atoms with van der Waals surface area (Å²) < 4.78 is 23.8. The van der Waals surface area contributed by atoms with Gasteiger partial charge >= 0.3 is 0 Å². The van der Waals surface area contributed by atoms with Crippen LogP contribution in [0.2, 0.25) is 0 Å². The van der Waals surface area contributed by atoms with Crippen LogP contribution in [0, 0.1) is 19.1 Å². The Morgan fingerprint density at radius 3 is 2.60 bits per heavy atom. The Morgan fingerprint density at radius 2 is 2.20 bits per heavy atom. The van der Waals surface area contributed by atoms with Crippen molar-refractivity contribution >= 4 is 0 Å². The first-order valence-electron chi connectivity index (χ1n) is 2.88. The summed E-state index contributed by atoms with van der Waals surface area (Å²) in [5.41, 5.74) is 0.703. The van der Waals surface area contributed by atoms with E-state index < -0.39 is 6.43 Å². The van der Waals surface area contributed by atoms with Crippen molar-refractivity contribution in [2.75, 3.05) is 0 Å². The highest BCUT2D eigenvalue weighted by atomic mass is 19.3. The van der Waals surface area contributed by atoms with Crippen molar-refractivity contribution in [3.05, 3.63) is 35.4 Å². The molecule has 0 unspecified atom stereocenters. The summed E-state index contributed by atoms with van der Waals surface area (Å²) in [6, 6.07) is 7.86. The topological polar surface area (TPSA) is 0 Å². The number of rotatable bonds is 1. The number of halogens is 2. The predicted molar refractivity (Wildman–Crippen MR) is 33.8 cm³/mol. The van der Waals surface area contributed by atoms with Crippen LogP contribution in [0.4, 0.5) is 8.78 Å². The standard InChI is InChI=1S/C8H6F2/c1-6-3-2-4-7(5-6)8(9)10/h3,5,8H,1H3. The molecule has 0 saturated heterocycles. The third kappa shape index (κ3) is 1.44. The van der Waals surface area contributed by atoms with Gasteiger partial charge in [-0.05, 0) is 24.6 Å². The van der Waals surface area contributed by atoms with E-state index >= 15 is 0 Å². The number of hydrogen-bond donors (Lipinski definition) is 0. The molecule has 0 bridgehead atoms. The van der Waals surface area contributed by atoms with E-state index in [-0.39, 0.29) is 5.56 Å². The van der Waals surface area contributed by atoms with Crippen LogP contribution < -0.4 is 0 Å². The van der Waals surface area contributed by atoms with Crippen molar-refractivity contribution in [3.63, 3.8) is 0 Å². The molecule has 0 radical (unpaired) electrons. The highest BCUT2D eigenvalue weighted by molar-refractivity contribution is 5.17. The maximum absolute atomic E-state index is 11.9. The van der Waals surface area contributed by atoms with Crippen molar-refractivity contribution in [2.45, 2.75) is 13.3 Å². The Labute approximate surface area is 58.5 Å². The fraction of sp³-hybridized carbons (Fsp3) is 0.250. The zero-order valence-electron chi connectivity index (χ0n) is 5.49. The van der Waals surface area contributed by atoms with E-state index in [0.717, 1.165) is 5.56 Å². The van der Waals surface area contributed by atoms with Gasteiger partial charge in [-0.3, -0.25) is 0 Å². The van der Waals surface area contributed by atoms with Crippen molar-refractivity contribution in [2.24, 2.45) is 0 Å². The molecule has 0 atom stereocenters.